The number of carboxylic acids is 1. The van der Waals surface area contributed by atoms with Crippen LogP contribution in [0.25, 0.3) is 0 Å². The number of benzene rings is 1. The molecule has 5 nitrogen and oxygen atoms in total. The monoisotopic (exact) mass is 282 g/mol. The fourth-order valence-electron chi connectivity index (χ4n) is 2.54. The lowest BCUT2D eigenvalue weighted by Crippen LogP contribution is -2.34. The summed E-state index contributed by atoms with van der Waals surface area (Å²) in [6.07, 6.45) is 4.37. The Labute approximate surface area is 121 Å². The predicted molar refractivity (Wildman–Crippen MR) is 77.1 cm³/mol. The normalized spacial score (nSPS) is 13.9. The molecule has 1 amide bonds. The number of amides is 1. The van der Waals surface area contributed by atoms with E-state index in [1.54, 1.807) is 35.5 Å². The molecule has 1 aromatic carbocycles. The molecule has 106 valence electrons. The molecule has 1 N–H and O–H groups in total. The highest BCUT2D eigenvalue weighted by molar-refractivity contribution is 5.97. The number of carbonyl (C=O) groups is 2. The largest absolute Gasteiger partial charge is 0.478 e. The fraction of sp³-hybridized carbons (Fsp3) is 0.188. The van der Waals surface area contributed by atoms with Crippen molar-refractivity contribution in [3.05, 3.63) is 59.4 Å². The van der Waals surface area contributed by atoms with E-state index in [9.17, 15) is 9.59 Å². The third-order valence-electron chi connectivity index (χ3n) is 3.62. The molecule has 1 aliphatic heterocycles. The van der Waals surface area contributed by atoms with Gasteiger partial charge in [0.15, 0.2) is 0 Å². The van der Waals surface area contributed by atoms with Crippen LogP contribution in [-0.4, -0.2) is 22.0 Å². The summed E-state index contributed by atoms with van der Waals surface area (Å²) in [5.74, 6) is -0.891. The van der Waals surface area contributed by atoms with Crippen molar-refractivity contribution in [2.24, 2.45) is 0 Å². The SMILES string of the molecule is O=C(O)c1ccc2c(c1)CCC(=O)N2Cc1ccncc1. The van der Waals surface area contributed by atoms with Gasteiger partial charge in [-0.25, -0.2) is 4.79 Å². The highest BCUT2D eigenvalue weighted by atomic mass is 16.4. The Morgan fingerprint density at radius 1 is 1.19 bits per heavy atom. The summed E-state index contributed by atoms with van der Waals surface area (Å²) in [7, 11) is 0. The topological polar surface area (TPSA) is 70.5 Å². The van der Waals surface area contributed by atoms with Gasteiger partial charge in [-0.2, -0.15) is 0 Å². The van der Waals surface area contributed by atoms with E-state index in [1.165, 1.54) is 0 Å². The molecule has 1 aliphatic rings. The molecule has 0 saturated heterocycles. The number of fused-ring (bicyclic) bond motifs is 1. The molecule has 3 rings (SSSR count). The number of hydrogen-bond donors (Lipinski definition) is 1. The van der Waals surface area contributed by atoms with Crippen LogP contribution < -0.4 is 4.90 Å². The van der Waals surface area contributed by atoms with Crippen LogP contribution in [0.4, 0.5) is 5.69 Å². The molecule has 0 fully saturated rings. The van der Waals surface area contributed by atoms with E-state index in [4.69, 9.17) is 5.11 Å². The lowest BCUT2D eigenvalue weighted by molar-refractivity contribution is -0.119. The molecule has 0 unspecified atom stereocenters. The first-order valence-electron chi connectivity index (χ1n) is 6.70. The average Bonchev–Trinajstić information content (AvgIpc) is 2.50. The molecular formula is C16H14N2O3. The van der Waals surface area contributed by atoms with Crippen LogP contribution in [0.15, 0.2) is 42.7 Å². The quantitative estimate of drug-likeness (QED) is 0.937. The smallest absolute Gasteiger partial charge is 0.335 e. The number of pyridine rings is 1. The molecule has 0 spiro atoms. The summed E-state index contributed by atoms with van der Waals surface area (Å²) in [5, 5.41) is 9.05. The molecule has 1 aromatic heterocycles. The van der Waals surface area contributed by atoms with E-state index in [2.05, 4.69) is 4.98 Å². The van der Waals surface area contributed by atoms with E-state index >= 15 is 0 Å². The van der Waals surface area contributed by atoms with Crippen LogP contribution in [0.1, 0.15) is 27.9 Å². The average molecular weight is 282 g/mol. The second kappa shape index (κ2) is 5.36. The van der Waals surface area contributed by atoms with E-state index in [-0.39, 0.29) is 11.5 Å². The maximum absolute atomic E-state index is 12.2. The van der Waals surface area contributed by atoms with Crippen LogP contribution in [0.5, 0.6) is 0 Å². The number of rotatable bonds is 3. The second-order valence-corrected chi connectivity index (χ2v) is 4.98. The summed E-state index contributed by atoms with van der Waals surface area (Å²) < 4.78 is 0. The summed E-state index contributed by atoms with van der Waals surface area (Å²) in [6, 6.07) is 8.65. The maximum atomic E-state index is 12.2. The number of anilines is 1. The Bertz CT molecular complexity index is 698. The van der Waals surface area contributed by atoms with Crippen molar-refractivity contribution in [2.75, 3.05) is 4.90 Å². The highest BCUT2D eigenvalue weighted by Gasteiger charge is 2.25. The zero-order valence-corrected chi connectivity index (χ0v) is 11.3. The van der Waals surface area contributed by atoms with Gasteiger partial charge in [0.05, 0.1) is 12.1 Å². The van der Waals surface area contributed by atoms with Gasteiger partial charge in [0.2, 0.25) is 5.91 Å². The number of aromatic carboxylic acids is 1. The third kappa shape index (κ3) is 2.63. The molecule has 5 heteroatoms. The zero-order valence-electron chi connectivity index (χ0n) is 11.3. The molecular weight excluding hydrogens is 268 g/mol. The van der Waals surface area contributed by atoms with E-state index in [1.807, 2.05) is 12.1 Å². The zero-order chi connectivity index (χ0) is 14.8. The van der Waals surface area contributed by atoms with Gasteiger partial charge in [0, 0.05) is 24.5 Å². The van der Waals surface area contributed by atoms with Gasteiger partial charge in [-0.05, 0) is 47.9 Å². The van der Waals surface area contributed by atoms with Gasteiger partial charge in [-0.3, -0.25) is 9.78 Å². The minimum atomic E-state index is -0.949. The Kier molecular flexibility index (Phi) is 3.39. The predicted octanol–water partition coefficient (Wildman–Crippen LogP) is 2.26. The number of carboxylic acid groups (broad SMARTS) is 1. The molecule has 21 heavy (non-hydrogen) atoms. The van der Waals surface area contributed by atoms with E-state index in [0.29, 0.717) is 19.4 Å². The molecule has 0 aliphatic carbocycles. The van der Waals surface area contributed by atoms with E-state index in [0.717, 1.165) is 16.8 Å². The second-order valence-electron chi connectivity index (χ2n) is 4.98. The van der Waals surface area contributed by atoms with Crippen molar-refractivity contribution < 1.29 is 14.7 Å². The van der Waals surface area contributed by atoms with Crippen molar-refractivity contribution in [3.8, 4) is 0 Å². The van der Waals surface area contributed by atoms with Crippen LogP contribution >= 0.6 is 0 Å². The summed E-state index contributed by atoms with van der Waals surface area (Å²) in [4.78, 5) is 28.9. The highest BCUT2D eigenvalue weighted by Crippen LogP contribution is 2.30. The summed E-state index contributed by atoms with van der Waals surface area (Å²) in [6.45, 7) is 0.473. The summed E-state index contributed by atoms with van der Waals surface area (Å²) in [5.41, 5.74) is 2.96. The molecule has 0 atom stereocenters. The van der Waals surface area contributed by atoms with Gasteiger partial charge in [-0.1, -0.05) is 0 Å². The first-order valence-corrected chi connectivity index (χ1v) is 6.70. The summed E-state index contributed by atoms with van der Waals surface area (Å²) >= 11 is 0. The van der Waals surface area contributed by atoms with Crippen LogP contribution in [0.2, 0.25) is 0 Å². The number of aryl methyl sites for hydroxylation is 1. The number of carbonyl (C=O) groups excluding carboxylic acids is 1. The molecule has 0 saturated carbocycles. The number of hydrogen-bond acceptors (Lipinski definition) is 3. The molecule has 2 aromatic rings. The van der Waals surface area contributed by atoms with Gasteiger partial charge in [0.25, 0.3) is 0 Å². The minimum Gasteiger partial charge on any atom is -0.478 e. The van der Waals surface area contributed by atoms with E-state index < -0.39 is 5.97 Å². The van der Waals surface area contributed by atoms with Crippen molar-refractivity contribution >= 4 is 17.6 Å². The van der Waals surface area contributed by atoms with Gasteiger partial charge in [0.1, 0.15) is 0 Å². The lowest BCUT2D eigenvalue weighted by Gasteiger charge is -2.29. The third-order valence-corrected chi connectivity index (χ3v) is 3.62. The minimum absolute atomic E-state index is 0.0578. The van der Waals surface area contributed by atoms with Gasteiger partial charge < -0.3 is 10.0 Å². The molecule has 2 heterocycles. The van der Waals surface area contributed by atoms with Crippen LogP contribution in [0.3, 0.4) is 0 Å². The lowest BCUT2D eigenvalue weighted by atomic mass is 9.98. The fourth-order valence-corrected chi connectivity index (χ4v) is 2.54. The Balaban J connectivity index is 1.95. The van der Waals surface area contributed by atoms with Crippen molar-refractivity contribution in [3.63, 3.8) is 0 Å². The standard InChI is InChI=1S/C16H14N2O3/c19-15-4-2-12-9-13(16(20)21)1-3-14(12)18(15)10-11-5-7-17-8-6-11/h1,3,5-9H,2,4,10H2,(H,20,21). The first kappa shape index (κ1) is 13.3. The van der Waals surface area contributed by atoms with Crippen LogP contribution in [0, 0.1) is 0 Å². The van der Waals surface area contributed by atoms with Crippen molar-refractivity contribution in [1.29, 1.82) is 0 Å². The molecule has 0 bridgehead atoms. The van der Waals surface area contributed by atoms with Crippen LogP contribution in [-0.2, 0) is 17.8 Å². The number of aromatic nitrogens is 1. The Morgan fingerprint density at radius 3 is 2.67 bits per heavy atom. The molecule has 0 radical (unpaired) electrons. The Hall–Kier alpha value is -2.69. The van der Waals surface area contributed by atoms with Gasteiger partial charge in [-0.15, -0.1) is 0 Å². The maximum Gasteiger partial charge on any atom is 0.335 e. The van der Waals surface area contributed by atoms with Gasteiger partial charge >= 0.3 is 5.97 Å². The Morgan fingerprint density at radius 2 is 1.95 bits per heavy atom. The van der Waals surface area contributed by atoms with Crippen molar-refractivity contribution in [1.82, 2.24) is 4.98 Å². The first-order chi connectivity index (χ1) is 10.1. The number of nitrogens with zero attached hydrogens (tertiary/aromatic N) is 2. The van der Waals surface area contributed by atoms with Crippen molar-refractivity contribution in [2.45, 2.75) is 19.4 Å².